The number of hydrogen-bond acceptors (Lipinski definition) is 5. The van der Waals surface area contributed by atoms with Gasteiger partial charge in [-0.05, 0) is 36.8 Å². The Hall–Kier alpha value is -1.73. The minimum atomic E-state index is -0.592. The largest absolute Gasteiger partial charge is 0.363 e. The number of halogens is 2. The highest BCUT2D eigenvalue weighted by Crippen LogP contribution is 2.45. The normalized spacial score (nSPS) is 29.6. The number of allylic oxidation sites excluding steroid dienone is 1. The van der Waals surface area contributed by atoms with Crippen molar-refractivity contribution in [2.45, 2.75) is 25.6 Å². The molecule has 0 aliphatic heterocycles. The summed E-state index contributed by atoms with van der Waals surface area (Å²) < 4.78 is 19.0. The molecule has 0 aromatic carbocycles. The summed E-state index contributed by atoms with van der Waals surface area (Å²) in [6, 6.07) is -0.241. The molecular weight excluding hydrogens is 323 g/mol. The predicted molar refractivity (Wildman–Crippen MR) is 83.3 cm³/mol. The minimum absolute atomic E-state index is 0.0218. The van der Waals surface area contributed by atoms with Crippen LogP contribution in [0.2, 0.25) is 5.28 Å². The first-order valence-electron chi connectivity index (χ1n) is 7.45. The third-order valence-corrected chi connectivity index (χ3v) is 4.66. The zero-order valence-electron chi connectivity index (χ0n) is 12.8. The zero-order chi connectivity index (χ0) is 16.6. The van der Waals surface area contributed by atoms with Crippen molar-refractivity contribution < 1.29 is 13.9 Å². The Morgan fingerprint density at radius 2 is 2.22 bits per heavy atom. The van der Waals surface area contributed by atoms with Crippen LogP contribution in [0.1, 0.15) is 13.3 Å². The maximum atomic E-state index is 13.9. The molecule has 1 unspecified atom stereocenters. The molecule has 1 amide bonds. The molecule has 124 valence electrons. The van der Waals surface area contributed by atoms with E-state index in [9.17, 15) is 9.18 Å². The van der Waals surface area contributed by atoms with E-state index >= 15 is 0 Å². The van der Waals surface area contributed by atoms with Crippen molar-refractivity contribution in [1.82, 2.24) is 15.3 Å². The van der Waals surface area contributed by atoms with Crippen LogP contribution >= 0.6 is 11.6 Å². The van der Waals surface area contributed by atoms with E-state index in [-0.39, 0.29) is 47.0 Å². The summed E-state index contributed by atoms with van der Waals surface area (Å²) in [5, 5.41) is 5.81. The van der Waals surface area contributed by atoms with Crippen molar-refractivity contribution in [2.75, 3.05) is 12.4 Å². The van der Waals surface area contributed by atoms with Gasteiger partial charge in [0.05, 0.1) is 12.1 Å². The first-order chi connectivity index (χ1) is 11.0. The first kappa shape index (κ1) is 16.1. The number of rotatable bonds is 5. The van der Waals surface area contributed by atoms with E-state index in [1.54, 1.807) is 6.92 Å². The SMILES string of the molecule is CO[C@@H](C)NC(=O)C1[C@@H]2C=C[C@@H](C2)[C@@H]1Nc1nc(Cl)ncc1F. The number of ether oxygens (including phenoxy) is 1. The van der Waals surface area contributed by atoms with Crippen LogP contribution in [0.4, 0.5) is 10.2 Å². The Labute approximate surface area is 138 Å². The van der Waals surface area contributed by atoms with Crippen LogP contribution in [-0.4, -0.2) is 35.3 Å². The first-order valence-corrected chi connectivity index (χ1v) is 7.83. The molecule has 2 aliphatic rings. The molecule has 1 aromatic rings. The summed E-state index contributed by atoms with van der Waals surface area (Å²) in [5.74, 6) is -0.715. The van der Waals surface area contributed by atoms with E-state index in [1.807, 2.05) is 6.08 Å². The lowest BCUT2D eigenvalue weighted by atomic mass is 9.88. The summed E-state index contributed by atoms with van der Waals surface area (Å²) >= 11 is 5.73. The number of anilines is 1. The van der Waals surface area contributed by atoms with Gasteiger partial charge in [-0.25, -0.2) is 9.37 Å². The van der Waals surface area contributed by atoms with Crippen molar-refractivity contribution in [3.05, 3.63) is 29.4 Å². The van der Waals surface area contributed by atoms with Crippen LogP contribution in [0.15, 0.2) is 18.3 Å². The number of fused-ring (bicyclic) bond motifs is 2. The number of nitrogens with zero attached hydrogens (tertiary/aromatic N) is 2. The van der Waals surface area contributed by atoms with Gasteiger partial charge in [-0.1, -0.05) is 12.2 Å². The fourth-order valence-electron chi connectivity index (χ4n) is 3.34. The quantitative estimate of drug-likeness (QED) is 0.487. The van der Waals surface area contributed by atoms with Gasteiger partial charge in [0.1, 0.15) is 6.23 Å². The summed E-state index contributed by atoms with van der Waals surface area (Å²) in [4.78, 5) is 20.0. The molecule has 6 nitrogen and oxygen atoms in total. The number of methoxy groups -OCH3 is 1. The summed E-state index contributed by atoms with van der Waals surface area (Å²) in [5.41, 5.74) is 0. The Balaban J connectivity index is 1.80. The van der Waals surface area contributed by atoms with Crippen molar-refractivity contribution in [1.29, 1.82) is 0 Å². The van der Waals surface area contributed by atoms with Crippen molar-refractivity contribution >= 4 is 23.3 Å². The van der Waals surface area contributed by atoms with E-state index in [1.165, 1.54) is 7.11 Å². The molecule has 0 saturated heterocycles. The van der Waals surface area contributed by atoms with Crippen LogP contribution in [0.3, 0.4) is 0 Å². The van der Waals surface area contributed by atoms with Gasteiger partial charge in [-0.15, -0.1) is 0 Å². The lowest BCUT2D eigenvalue weighted by Crippen LogP contribution is -2.46. The Kier molecular flexibility index (Phi) is 4.50. The summed E-state index contributed by atoms with van der Waals surface area (Å²) in [6.07, 6.45) is 5.61. The van der Waals surface area contributed by atoms with Crippen LogP contribution in [0.25, 0.3) is 0 Å². The minimum Gasteiger partial charge on any atom is -0.363 e. The summed E-state index contributed by atoms with van der Waals surface area (Å²) in [6.45, 7) is 1.76. The van der Waals surface area contributed by atoms with E-state index < -0.39 is 5.82 Å². The van der Waals surface area contributed by atoms with Gasteiger partial charge in [0, 0.05) is 13.2 Å². The Morgan fingerprint density at radius 1 is 1.48 bits per heavy atom. The van der Waals surface area contributed by atoms with E-state index in [2.05, 4.69) is 26.7 Å². The van der Waals surface area contributed by atoms with Gasteiger partial charge in [0.25, 0.3) is 0 Å². The third-order valence-electron chi connectivity index (χ3n) is 4.48. The van der Waals surface area contributed by atoms with Gasteiger partial charge in [0.15, 0.2) is 11.6 Å². The second-order valence-electron chi connectivity index (χ2n) is 5.87. The monoisotopic (exact) mass is 340 g/mol. The van der Waals surface area contributed by atoms with Crippen LogP contribution in [0, 0.1) is 23.6 Å². The maximum Gasteiger partial charge on any atom is 0.227 e. The molecule has 23 heavy (non-hydrogen) atoms. The molecule has 1 saturated carbocycles. The van der Waals surface area contributed by atoms with Crippen LogP contribution in [0.5, 0.6) is 0 Å². The molecule has 8 heteroatoms. The summed E-state index contributed by atoms with van der Waals surface area (Å²) in [7, 11) is 1.53. The Bertz CT molecular complexity index is 642. The second kappa shape index (κ2) is 6.41. The molecule has 1 fully saturated rings. The van der Waals surface area contributed by atoms with Gasteiger partial charge >= 0.3 is 0 Å². The molecule has 2 aliphatic carbocycles. The third kappa shape index (κ3) is 3.16. The van der Waals surface area contributed by atoms with Crippen molar-refractivity contribution in [2.24, 2.45) is 17.8 Å². The number of amides is 1. The second-order valence-corrected chi connectivity index (χ2v) is 6.20. The number of nitrogens with one attached hydrogen (secondary N) is 2. The molecule has 2 bridgehead atoms. The van der Waals surface area contributed by atoms with E-state index in [0.717, 1.165) is 12.6 Å². The van der Waals surface area contributed by atoms with Crippen LogP contribution < -0.4 is 10.6 Å². The molecule has 1 aromatic heterocycles. The average molecular weight is 341 g/mol. The fourth-order valence-corrected chi connectivity index (χ4v) is 3.47. The van der Waals surface area contributed by atoms with Gasteiger partial charge < -0.3 is 15.4 Å². The lowest BCUT2D eigenvalue weighted by molar-refractivity contribution is -0.129. The fraction of sp³-hybridized carbons (Fsp3) is 0.533. The standard InChI is InChI=1S/C15H18ClFN4O2/c1-7(23-2)19-14(22)11-8-3-4-9(5-8)12(11)20-13-10(17)6-18-15(16)21-13/h3-4,6-9,11-12H,5H2,1-2H3,(H,19,22)(H,18,20,21)/t7-,8+,9-,11?,12-/m0/s1. The van der Waals surface area contributed by atoms with E-state index in [0.29, 0.717) is 0 Å². The maximum absolute atomic E-state index is 13.9. The molecule has 0 radical (unpaired) electrons. The molecule has 3 rings (SSSR count). The topological polar surface area (TPSA) is 76.1 Å². The number of aromatic nitrogens is 2. The van der Waals surface area contributed by atoms with Gasteiger partial charge in [-0.3, -0.25) is 4.79 Å². The highest BCUT2D eigenvalue weighted by atomic mass is 35.5. The lowest BCUT2D eigenvalue weighted by Gasteiger charge is -2.29. The Morgan fingerprint density at radius 3 is 2.96 bits per heavy atom. The van der Waals surface area contributed by atoms with E-state index in [4.69, 9.17) is 16.3 Å². The molecule has 0 spiro atoms. The smallest absolute Gasteiger partial charge is 0.227 e. The molecule has 5 atom stereocenters. The zero-order valence-corrected chi connectivity index (χ0v) is 13.5. The van der Waals surface area contributed by atoms with Crippen LogP contribution in [-0.2, 0) is 9.53 Å². The number of carbonyl (C=O) groups excluding carboxylic acids is 1. The highest BCUT2D eigenvalue weighted by Gasteiger charge is 2.48. The highest BCUT2D eigenvalue weighted by molar-refractivity contribution is 6.28. The predicted octanol–water partition coefficient (Wildman–Crippen LogP) is 1.98. The van der Waals surface area contributed by atoms with Gasteiger partial charge in [0.2, 0.25) is 11.2 Å². The molecule has 1 heterocycles. The van der Waals surface area contributed by atoms with Crippen molar-refractivity contribution in [3.63, 3.8) is 0 Å². The average Bonchev–Trinajstić information content (AvgIpc) is 3.11. The number of hydrogen-bond donors (Lipinski definition) is 2. The van der Waals surface area contributed by atoms with Gasteiger partial charge in [-0.2, -0.15) is 4.98 Å². The molecular formula is C15H18ClFN4O2. The molecule has 2 N–H and O–H groups in total. The van der Waals surface area contributed by atoms with Crippen molar-refractivity contribution in [3.8, 4) is 0 Å². The number of carbonyl (C=O) groups is 1.